The number of methoxy groups -OCH3 is 1. The van der Waals surface area contributed by atoms with Gasteiger partial charge in [0.2, 0.25) is 0 Å². The molecule has 0 saturated heterocycles. The fourth-order valence-electron chi connectivity index (χ4n) is 2.21. The van der Waals surface area contributed by atoms with Gasteiger partial charge in [-0.25, -0.2) is 0 Å². The van der Waals surface area contributed by atoms with Crippen LogP contribution in [0.25, 0.3) is 11.1 Å². The van der Waals surface area contributed by atoms with E-state index in [1.807, 2.05) is 0 Å². The van der Waals surface area contributed by atoms with Crippen LogP contribution in [0.3, 0.4) is 0 Å². The number of aromatic hydroxyl groups is 1. The van der Waals surface area contributed by atoms with Crippen LogP contribution in [0.4, 0.5) is 0 Å². The molecule has 4 nitrogen and oxygen atoms in total. The molecule has 1 aromatic carbocycles. The van der Waals surface area contributed by atoms with Gasteiger partial charge in [0.1, 0.15) is 11.5 Å². The summed E-state index contributed by atoms with van der Waals surface area (Å²) in [4.78, 5) is 15.0. The van der Waals surface area contributed by atoms with E-state index in [0.717, 1.165) is 12.1 Å². The fourth-order valence-corrected chi connectivity index (χ4v) is 2.21. The molecular formula is C16H19NO3. The predicted octanol–water partition coefficient (Wildman–Crippen LogP) is 2.95. The zero-order valence-corrected chi connectivity index (χ0v) is 11.9. The molecule has 0 bridgehead atoms. The van der Waals surface area contributed by atoms with Crippen molar-refractivity contribution in [2.75, 3.05) is 7.11 Å². The lowest BCUT2D eigenvalue weighted by atomic mass is 10.0. The van der Waals surface area contributed by atoms with Gasteiger partial charge in [0.15, 0.2) is 0 Å². The molecule has 0 aliphatic carbocycles. The molecule has 0 aliphatic rings. The fraction of sp³-hybridized carbons (Fsp3) is 0.312. The molecule has 20 heavy (non-hydrogen) atoms. The number of H-pyrrole nitrogens is 1. The quantitative estimate of drug-likeness (QED) is 0.900. The number of aromatic amines is 1. The van der Waals surface area contributed by atoms with Crippen molar-refractivity contribution < 1.29 is 9.84 Å². The molecule has 2 rings (SSSR count). The van der Waals surface area contributed by atoms with E-state index in [4.69, 9.17) is 4.74 Å². The maximum absolute atomic E-state index is 12.2. The maximum Gasteiger partial charge on any atom is 0.259 e. The lowest BCUT2D eigenvalue weighted by Gasteiger charge is -2.09. The predicted molar refractivity (Wildman–Crippen MR) is 79.3 cm³/mol. The number of hydrogen-bond donors (Lipinski definition) is 2. The molecule has 0 radical (unpaired) electrons. The largest absolute Gasteiger partial charge is 0.507 e. The van der Waals surface area contributed by atoms with Gasteiger partial charge in [-0.1, -0.05) is 26.0 Å². The average molecular weight is 273 g/mol. The van der Waals surface area contributed by atoms with Crippen LogP contribution < -0.4 is 10.3 Å². The summed E-state index contributed by atoms with van der Waals surface area (Å²) in [6.45, 7) is 4.12. The summed E-state index contributed by atoms with van der Waals surface area (Å²) in [7, 11) is 1.56. The first-order valence-electron chi connectivity index (χ1n) is 6.61. The van der Waals surface area contributed by atoms with E-state index >= 15 is 0 Å². The third-order valence-corrected chi connectivity index (χ3v) is 3.05. The molecule has 0 unspecified atom stereocenters. The molecule has 0 spiro atoms. The van der Waals surface area contributed by atoms with Gasteiger partial charge in [-0.3, -0.25) is 4.79 Å². The van der Waals surface area contributed by atoms with Crippen molar-refractivity contribution in [3.05, 3.63) is 46.4 Å². The lowest BCUT2D eigenvalue weighted by molar-refractivity contribution is 0.415. The summed E-state index contributed by atoms with van der Waals surface area (Å²) in [6, 6.07) is 8.70. The Morgan fingerprint density at radius 1 is 1.30 bits per heavy atom. The van der Waals surface area contributed by atoms with Crippen molar-refractivity contribution in [1.29, 1.82) is 0 Å². The van der Waals surface area contributed by atoms with Gasteiger partial charge in [-0.15, -0.1) is 0 Å². The molecule has 106 valence electrons. The molecule has 0 fully saturated rings. The second-order valence-corrected chi connectivity index (χ2v) is 5.21. The van der Waals surface area contributed by atoms with Gasteiger partial charge in [-0.05, 0) is 30.0 Å². The zero-order chi connectivity index (χ0) is 14.7. The van der Waals surface area contributed by atoms with Crippen LogP contribution in [0.1, 0.15) is 19.5 Å². The monoisotopic (exact) mass is 273 g/mol. The summed E-state index contributed by atoms with van der Waals surface area (Å²) in [5, 5.41) is 10.1. The molecule has 0 atom stereocenters. The Hall–Kier alpha value is -2.23. The van der Waals surface area contributed by atoms with Crippen molar-refractivity contribution in [3.63, 3.8) is 0 Å². The van der Waals surface area contributed by atoms with Gasteiger partial charge in [0.25, 0.3) is 5.56 Å². The van der Waals surface area contributed by atoms with E-state index in [1.165, 1.54) is 0 Å². The second-order valence-electron chi connectivity index (χ2n) is 5.21. The van der Waals surface area contributed by atoms with Crippen molar-refractivity contribution >= 4 is 0 Å². The number of benzene rings is 1. The van der Waals surface area contributed by atoms with E-state index in [1.54, 1.807) is 37.4 Å². The minimum absolute atomic E-state index is 0.00217. The Morgan fingerprint density at radius 2 is 2.05 bits per heavy atom. The highest BCUT2D eigenvalue weighted by molar-refractivity contribution is 5.70. The van der Waals surface area contributed by atoms with Gasteiger partial charge < -0.3 is 14.8 Å². The number of nitrogens with one attached hydrogen (secondary N) is 1. The minimum atomic E-state index is -0.283. The van der Waals surface area contributed by atoms with Crippen LogP contribution in [0.2, 0.25) is 0 Å². The number of pyridine rings is 1. The summed E-state index contributed by atoms with van der Waals surface area (Å²) < 4.78 is 5.14. The molecule has 1 aromatic heterocycles. The topological polar surface area (TPSA) is 62.3 Å². The Kier molecular flexibility index (Phi) is 4.13. The van der Waals surface area contributed by atoms with Crippen LogP contribution in [0, 0.1) is 5.92 Å². The van der Waals surface area contributed by atoms with Gasteiger partial charge in [-0.2, -0.15) is 0 Å². The van der Waals surface area contributed by atoms with Gasteiger partial charge >= 0.3 is 0 Å². The first-order valence-corrected chi connectivity index (χ1v) is 6.61. The highest BCUT2D eigenvalue weighted by Crippen LogP contribution is 2.28. The normalized spacial score (nSPS) is 10.8. The van der Waals surface area contributed by atoms with E-state index in [9.17, 15) is 9.90 Å². The Balaban J connectivity index is 2.49. The van der Waals surface area contributed by atoms with Crippen LogP contribution in [0.5, 0.6) is 11.5 Å². The van der Waals surface area contributed by atoms with Crippen LogP contribution in [-0.4, -0.2) is 17.2 Å². The maximum atomic E-state index is 12.2. The number of aromatic nitrogens is 1. The molecular weight excluding hydrogens is 254 g/mol. The van der Waals surface area contributed by atoms with Crippen molar-refractivity contribution in [3.8, 4) is 22.6 Å². The molecule has 1 heterocycles. The summed E-state index contributed by atoms with van der Waals surface area (Å²) in [5.74, 6) is 1.05. The average Bonchev–Trinajstić information content (AvgIpc) is 2.37. The van der Waals surface area contributed by atoms with E-state index < -0.39 is 0 Å². The molecule has 2 N–H and O–H groups in total. The first-order chi connectivity index (χ1) is 9.51. The summed E-state index contributed by atoms with van der Waals surface area (Å²) in [6.07, 6.45) is 0.723. The van der Waals surface area contributed by atoms with E-state index in [0.29, 0.717) is 17.2 Å². The number of ether oxygens (including phenoxy) is 1. The number of hydrogen-bond acceptors (Lipinski definition) is 3. The molecule has 0 amide bonds. The van der Waals surface area contributed by atoms with Crippen molar-refractivity contribution in [1.82, 2.24) is 4.98 Å². The highest BCUT2D eigenvalue weighted by atomic mass is 16.5. The first kappa shape index (κ1) is 14.2. The standard InChI is InChI=1S/C16H19NO3/c1-10(2)7-12-9-14(18)15(16(19)17-12)11-5-4-6-13(8-11)20-3/h4-6,8-10H,7H2,1-3H3,(H2,17,18,19). The Bertz CT molecular complexity index is 659. The van der Waals surface area contributed by atoms with Gasteiger partial charge in [0.05, 0.1) is 12.7 Å². The highest BCUT2D eigenvalue weighted by Gasteiger charge is 2.12. The Morgan fingerprint density at radius 3 is 2.65 bits per heavy atom. The summed E-state index contributed by atoms with van der Waals surface area (Å²) in [5.41, 5.74) is 1.37. The lowest BCUT2D eigenvalue weighted by Crippen LogP contribution is -2.13. The third kappa shape index (κ3) is 3.02. The molecule has 4 heteroatoms. The van der Waals surface area contributed by atoms with Gasteiger partial charge in [0, 0.05) is 11.8 Å². The minimum Gasteiger partial charge on any atom is -0.507 e. The smallest absolute Gasteiger partial charge is 0.259 e. The molecule has 2 aromatic rings. The number of rotatable bonds is 4. The molecule has 0 aliphatic heterocycles. The summed E-state index contributed by atoms with van der Waals surface area (Å²) >= 11 is 0. The second kappa shape index (κ2) is 5.82. The van der Waals surface area contributed by atoms with Crippen LogP contribution in [-0.2, 0) is 6.42 Å². The van der Waals surface area contributed by atoms with Crippen molar-refractivity contribution in [2.24, 2.45) is 5.92 Å². The SMILES string of the molecule is COc1cccc(-c2c(O)cc(CC(C)C)[nH]c2=O)c1. The van der Waals surface area contributed by atoms with E-state index in [2.05, 4.69) is 18.8 Å². The van der Waals surface area contributed by atoms with Crippen LogP contribution >= 0.6 is 0 Å². The Labute approximate surface area is 118 Å². The molecule has 0 saturated carbocycles. The zero-order valence-electron chi connectivity index (χ0n) is 11.9. The van der Waals surface area contributed by atoms with E-state index in [-0.39, 0.29) is 16.9 Å². The van der Waals surface area contributed by atoms with Crippen LogP contribution in [0.15, 0.2) is 35.1 Å². The van der Waals surface area contributed by atoms with Crippen molar-refractivity contribution in [2.45, 2.75) is 20.3 Å². The third-order valence-electron chi connectivity index (χ3n) is 3.05.